The lowest BCUT2D eigenvalue weighted by Crippen LogP contribution is -2.33. The lowest BCUT2D eigenvalue weighted by molar-refractivity contribution is -0.160. The van der Waals surface area contributed by atoms with Crippen LogP contribution in [-0.2, 0) is 4.74 Å². The van der Waals surface area contributed by atoms with Gasteiger partial charge in [-0.15, -0.1) is 22.7 Å². The van der Waals surface area contributed by atoms with E-state index in [2.05, 4.69) is 20.0 Å². The van der Waals surface area contributed by atoms with Gasteiger partial charge >= 0.3 is 12.3 Å². The minimum atomic E-state index is -4.71. The SMILES string of the molecule is O=C(NC(=O)c1ccsc1NC(=O)c1nc2ncccc2s1)OCC(F)(F)F. The molecule has 0 aliphatic rings. The highest BCUT2D eigenvalue weighted by atomic mass is 32.1. The van der Waals surface area contributed by atoms with Crippen molar-refractivity contribution >= 4 is 55.9 Å². The molecule has 0 aliphatic heterocycles. The molecule has 2 N–H and O–H groups in total. The number of carbonyl (C=O) groups is 3. The number of anilines is 1. The van der Waals surface area contributed by atoms with E-state index in [1.54, 1.807) is 17.4 Å². The van der Waals surface area contributed by atoms with Gasteiger partial charge in [-0.25, -0.2) is 14.8 Å². The van der Waals surface area contributed by atoms with Crippen molar-refractivity contribution in [3.63, 3.8) is 0 Å². The Kier molecular flexibility index (Phi) is 5.56. The van der Waals surface area contributed by atoms with Gasteiger partial charge in [0, 0.05) is 6.20 Å². The first-order chi connectivity index (χ1) is 13.2. The molecule has 0 fully saturated rings. The number of nitrogens with zero attached hydrogens (tertiary/aromatic N) is 2. The van der Waals surface area contributed by atoms with Crippen molar-refractivity contribution in [3.05, 3.63) is 40.3 Å². The van der Waals surface area contributed by atoms with Gasteiger partial charge in [-0.3, -0.25) is 14.9 Å². The van der Waals surface area contributed by atoms with Crippen LogP contribution in [0.3, 0.4) is 0 Å². The standard InChI is InChI=1S/C15H9F3N4O4S2/c16-15(17,18)6-26-14(25)22-10(23)7-3-5-27-12(7)21-11(24)13-20-9-8(28-13)2-1-4-19-9/h1-5H,6H2,(H,21,24)(H,22,23,25). The second-order valence-electron chi connectivity index (χ2n) is 5.11. The third-order valence-corrected chi connectivity index (χ3v) is 4.92. The van der Waals surface area contributed by atoms with Crippen LogP contribution in [0.1, 0.15) is 20.2 Å². The largest absolute Gasteiger partial charge is 0.440 e. The Labute approximate surface area is 162 Å². The van der Waals surface area contributed by atoms with E-state index in [1.807, 2.05) is 0 Å². The van der Waals surface area contributed by atoms with Gasteiger partial charge in [0.15, 0.2) is 17.3 Å². The summed E-state index contributed by atoms with van der Waals surface area (Å²) in [5.41, 5.74) is 0.288. The third-order valence-electron chi connectivity index (χ3n) is 3.08. The van der Waals surface area contributed by atoms with Gasteiger partial charge in [-0.05, 0) is 23.6 Å². The Morgan fingerprint density at radius 1 is 1.18 bits per heavy atom. The zero-order valence-electron chi connectivity index (χ0n) is 13.6. The van der Waals surface area contributed by atoms with Gasteiger partial charge < -0.3 is 10.1 Å². The molecule has 3 heterocycles. The van der Waals surface area contributed by atoms with E-state index >= 15 is 0 Å². The number of hydrogen-bond donors (Lipinski definition) is 2. The summed E-state index contributed by atoms with van der Waals surface area (Å²) in [6.45, 7) is -1.83. The molecule has 0 atom stereocenters. The maximum absolute atomic E-state index is 12.4. The van der Waals surface area contributed by atoms with E-state index in [0.29, 0.717) is 10.3 Å². The number of pyridine rings is 1. The molecule has 0 spiro atoms. The molecule has 3 amide bonds. The third kappa shape index (κ3) is 4.80. The number of halogens is 3. The second-order valence-corrected chi connectivity index (χ2v) is 7.05. The molecule has 8 nitrogen and oxygen atoms in total. The van der Waals surface area contributed by atoms with E-state index in [4.69, 9.17) is 0 Å². The monoisotopic (exact) mass is 430 g/mol. The first-order valence-electron chi connectivity index (χ1n) is 7.38. The molecule has 0 bridgehead atoms. The summed E-state index contributed by atoms with van der Waals surface area (Å²) in [6.07, 6.45) is -4.74. The number of ether oxygens (including phenoxy) is 1. The highest BCUT2D eigenvalue weighted by Crippen LogP contribution is 2.26. The average molecular weight is 430 g/mol. The van der Waals surface area contributed by atoms with E-state index < -0.39 is 30.7 Å². The highest BCUT2D eigenvalue weighted by molar-refractivity contribution is 7.20. The van der Waals surface area contributed by atoms with Gasteiger partial charge in [0.25, 0.3) is 11.8 Å². The molecule has 28 heavy (non-hydrogen) atoms. The van der Waals surface area contributed by atoms with E-state index in [1.165, 1.54) is 17.6 Å². The Hall–Kier alpha value is -3.06. The minimum absolute atomic E-state index is 0.0957. The van der Waals surface area contributed by atoms with Crippen LogP contribution in [-0.4, -0.2) is 40.7 Å². The van der Waals surface area contributed by atoms with Gasteiger partial charge in [0.2, 0.25) is 0 Å². The lowest BCUT2D eigenvalue weighted by atomic mass is 10.3. The molecule has 13 heteroatoms. The summed E-state index contributed by atoms with van der Waals surface area (Å²) in [4.78, 5) is 43.8. The zero-order valence-corrected chi connectivity index (χ0v) is 15.2. The highest BCUT2D eigenvalue weighted by Gasteiger charge is 2.30. The van der Waals surface area contributed by atoms with E-state index in [0.717, 1.165) is 22.7 Å². The number of rotatable bonds is 4. The van der Waals surface area contributed by atoms with Gasteiger partial charge in [0.1, 0.15) is 5.00 Å². The number of nitrogens with one attached hydrogen (secondary N) is 2. The summed E-state index contributed by atoms with van der Waals surface area (Å²) >= 11 is 2.09. The number of thiazole rings is 1. The molecule has 146 valence electrons. The molecule has 3 rings (SSSR count). The molecule has 0 aliphatic carbocycles. The number of hydrogen-bond acceptors (Lipinski definition) is 8. The molecule has 0 aromatic carbocycles. The number of carbonyl (C=O) groups excluding carboxylic acids is 3. The molecular formula is C15H9F3N4O4S2. The number of amides is 3. The van der Waals surface area contributed by atoms with Crippen LogP contribution in [0.25, 0.3) is 10.3 Å². The summed E-state index contributed by atoms with van der Waals surface area (Å²) in [6, 6.07) is 4.74. The van der Waals surface area contributed by atoms with Crippen molar-refractivity contribution in [1.29, 1.82) is 0 Å². The number of alkyl carbamates (subject to hydrolysis) is 1. The number of aromatic nitrogens is 2. The minimum Gasteiger partial charge on any atom is -0.440 e. The Balaban J connectivity index is 1.66. The van der Waals surface area contributed by atoms with Crippen LogP contribution >= 0.6 is 22.7 Å². The number of thiophene rings is 1. The van der Waals surface area contributed by atoms with Gasteiger partial charge in [-0.1, -0.05) is 0 Å². The topological polar surface area (TPSA) is 110 Å². The van der Waals surface area contributed by atoms with Crippen molar-refractivity contribution in [3.8, 4) is 0 Å². The molecule has 0 saturated carbocycles. The van der Waals surface area contributed by atoms with Crippen molar-refractivity contribution in [1.82, 2.24) is 15.3 Å². The van der Waals surface area contributed by atoms with Crippen LogP contribution in [0.2, 0.25) is 0 Å². The van der Waals surface area contributed by atoms with Crippen molar-refractivity contribution in [2.75, 3.05) is 11.9 Å². The van der Waals surface area contributed by atoms with Gasteiger partial charge in [-0.2, -0.15) is 13.2 Å². The Morgan fingerprint density at radius 2 is 1.96 bits per heavy atom. The maximum Gasteiger partial charge on any atom is 0.422 e. The Bertz CT molecular complexity index is 1010. The average Bonchev–Trinajstić information content (AvgIpc) is 3.25. The zero-order chi connectivity index (χ0) is 20.3. The first-order valence-corrected chi connectivity index (χ1v) is 9.08. The summed E-state index contributed by atoms with van der Waals surface area (Å²) < 4.78 is 40.7. The fraction of sp³-hybridized carbons (Fsp3) is 0.133. The van der Waals surface area contributed by atoms with Gasteiger partial charge in [0.05, 0.1) is 10.3 Å². The molecule has 0 unspecified atom stereocenters. The molecular weight excluding hydrogens is 421 g/mol. The van der Waals surface area contributed by atoms with Crippen molar-refractivity contribution < 1.29 is 32.3 Å². The quantitative estimate of drug-likeness (QED) is 0.656. The predicted octanol–water partition coefficient (Wildman–Crippen LogP) is 3.43. The fourth-order valence-corrected chi connectivity index (χ4v) is 3.55. The maximum atomic E-state index is 12.4. The van der Waals surface area contributed by atoms with Crippen molar-refractivity contribution in [2.24, 2.45) is 0 Å². The second kappa shape index (κ2) is 7.90. The van der Waals surface area contributed by atoms with Crippen LogP contribution in [0.4, 0.5) is 23.0 Å². The van der Waals surface area contributed by atoms with Crippen LogP contribution in [0, 0.1) is 0 Å². The van der Waals surface area contributed by atoms with E-state index in [-0.39, 0.29) is 15.6 Å². The Morgan fingerprint density at radius 3 is 2.68 bits per heavy atom. The van der Waals surface area contributed by atoms with Crippen LogP contribution in [0.15, 0.2) is 29.8 Å². The summed E-state index contributed by atoms with van der Waals surface area (Å²) in [7, 11) is 0. The molecule has 3 aromatic heterocycles. The summed E-state index contributed by atoms with van der Waals surface area (Å²) in [5, 5.41) is 5.82. The molecule has 0 saturated heterocycles. The normalized spacial score (nSPS) is 11.2. The number of imide groups is 1. The lowest BCUT2D eigenvalue weighted by Gasteiger charge is -2.09. The smallest absolute Gasteiger partial charge is 0.422 e. The first kappa shape index (κ1) is 19.7. The number of alkyl halides is 3. The predicted molar refractivity (Wildman–Crippen MR) is 94.6 cm³/mol. The summed E-state index contributed by atoms with van der Waals surface area (Å²) in [5.74, 6) is -1.62. The van der Waals surface area contributed by atoms with Crippen LogP contribution in [0.5, 0.6) is 0 Å². The fourth-order valence-electron chi connectivity index (χ4n) is 1.95. The van der Waals surface area contributed by atoms with Crippen molar-refractivity contribution in [2.45, 2.75) is 6.18 Å². The number of fused-ring (bicyclic) bond motifs is 1. The molecule has 0 radical (unpaired) electrons. The molecule has 3 aromatic rings. The van der Waals surface area contributed by atoms with E-state index in [9.17, 15) is 27.6 Å². The van der Waals surface area contributed by atoms with Crippen LogP contribution < -0.4 is 10.6 Å².